The Morgan fingerprint density at radius 3 is 1.31 bits per heavy atom. The molecule has 0 bridgehead atoms. The minimum Gasteiger partial charge on any atom is -0.462 e. The molecule has 0 amide bonds. The number of carbonyl (C=O) groups excluding carboxylic acids is 2. The Morgan fingerprint density at radius 1 is 0.446 bits per heavy atom. The molecule has 0 aromatic heterocycles. The maximum atomic E-state index is 13.0. The highest BCUT2D eigenvalue weighted by molar-refractivity contribution is 5.70. The second-order valence-electron chi connectivity index (χ2n) is 18.7. The molecule has 11 atom stereocenters. The third-order valence-corrected chi connectivity index (χ3v) is 12.2. The molecular formula is C59H94O15. The second-order valence-corrected chi connectivity index (χ2v) is 18.7. The molecule has 0 aromatic carbocycles. The lowest BCUT2D eigenvalue weighted by Crippen LogP contribution is -2.61. The smallest absolute Gasteiger partial charge is 0.306 e. The number of allylic oxidation sites excluding steroid dienone is 18. The molecule has 2 aliphatic heterocycles. The first kappa shape index (κ1) is 66.3. The number of esters is 2. The summed E-state index contributed by atoms with van der Waals surface area (Å²) in [5.74, 6) is -1.01. The molecule has 420 valence electrons. The van der Waals surface area contributed by atoms with E-state index >= 15 is 0 Å². The summed E-state index contributed by atoms with van der Waals surface area (Å²) < 4.78 is 33.6. The summed E-state index contributed by atoms with van der Waals surface area (Å²) in [6.07, 6.45) is 41.0. The summed E-state index contributed by atoms with van der Waals surface area (Å²) in [6.45, 7) is 2.36. The van der Waals surface area contributed by atoms with Crippen LogP contribution in [-0.2, 0) is 38.0 Å². The van der Waals surface area contributed by atoms with Crippen molar-refractivity contribution >= 4 is 11.9 Å². The zero-order valence-corrected chi connectivity index (χ0v) is 44.5. The maximum Gasteiger partial charge on any atom is 0.306 e. The monoisotopic (exact) mass is 1040 g/mol. The topological polar surface area (TPSA) is 231 Å². The van der Waals surface area contributed by atoms with Crippen LogP contribution in [0, 0.1) is 0 Å². The van der Waals surface area contributed by atoms with Crippen molar-refractivity contribution in [2.75, 3.05) is 26.4 Å². The molecule has 0 radical (unpaired) electrons. The molecule has 74 heavy (non-hydrogen) atoms. The highest BCUT2D eigenvalue weighted by atomic mass is 16.7. The fourth-order valence-corrected chi connectivity index (χ4v) is 7.75. The molecule has 2 aliphatic rings. The van der Waals surface area contributed by atoms with Gasteiger partial charge in [0.2, 0.25) is 0 Å². The van der Waals surface area contributed by atoms with Crippen molar-refractivity contribution in [2.24, 2.45) is 0 Å². The van der Waals surface area contributed by atoms with Crippen LogP contribution < -0.4 is 0 Å². The number of hydrogen-bond acceptors (Lipinski definition) is 15. The van der Waals surface area contributed by atoms with Gasteiger partial charge >= 0.3 is 11.9 Å². The molecular weight excluding hydrogens is 949 g/mol. The summed E-state index contributed by atoms with van der Waals surface area (Å²) in [4.78, 5) is 25.8. The number of aliphatic hydroxyl groups is 7. The molecule has 0 spiro atoms. The minimum absolute atomic E-state index is 0.113. The van der Waals surface area contributed by atoms with Gasteiger partial charge in [-0.05, 0) is 103 Å². The van der Waals surface area contributed by atoms with Crippen molar-refractivity contribution in [3.63, 3.8) is 0 Å². The lowest BCUT2D eigenvalue weighted by molar-refractivity contribution is -0.332. The Bertz CT molecular complexity index is 1700. The highest BCUT2D eigenvalue weighted by Crippen LogP contribution is 2.26. The number of hydrogen-bond donors (Lipinski definition) is 7. The Hall–Kier alpha value is -3.84. The number of ether oxygens (including phenoxy) is 6. The molecule has 2 saturated heterocycles. The van der Waals surface area contributed by atoms with E-state index in [-0.39, 0.29) is 19.4 Å². The van der Waals surface area contributed by atoms with Crippen LogP contribution in [0.15, 0.2) is 109 Å². The van der Waals surface area contributed by atoms with Crippen LogP contribution in [0.4, 0.5) is 0 Å². The average molecular weight is 1040 g/mol. The van der Waals surface area contributed by atoms with E-state index in [4.69, 9.17) is 28.4 Å². The van der Waals surface area contributed by atoms with E-state index in [1.807, 2.05) is 0 Å². The Balaban J connectivity index is 1.82. The zero-order chi connectivity index (χ0) is 53.9. The summed E-state index contributed by atoms with van der Waals surface area (Å²) in [7, 11) is 0. The Morgan fingerprint density at radius 2 is 0.851 bits per heavy atom. The Labute approximate surface area is 442 Å². The third-order valence-electron chi connectivity index (χ3n) is 12.2. The zero-order valence-electron chi connectivity index (χ0n) is 44.5. The predicted molar refractivity (Wildman–Crippen MR) is 288 cm³/mol. The molecule has 15 heteroatoms. The highest BCUT2D eigenvalue weighted by Gasteiger charge is 2.47. The average Bonchev–Trinajstić information content (AvgIpc) is 3.39. The van der Waals surface area contributed by atoms with Gasteiger partial charge in [-0.3, -0.25) is 9.59 Å². The third kappa shape index (κ3) is 31.3. The van der Waals surface area contributed by atoms with E-state index in [2.05, 4.69) is 123 Å². The van der Waals surface area contributed by atoms with E-state index in [9.17, 15) is 45.3 Å². The van der Waals surface area contributed by atoms with Crippen LogP contribution in [0.1, 0.15) is 155 Å². The van der Waals surface area contributed by atoms with Crippen molar-refractivity contribution in [1.29, 1.82) is 0 Å². The van der Waals surface area contributed by atoms with Gasteiger partial charge in [-0.15, -0.1) is 0 Å². The summed E-state index contributed by atoms with van der Waals surface area (Å²) in [5.41, 5.74) is 0. The minimum atomic E-state index is -1.78. The first-order valence-corrected chi connectivity index (χ1v) is 27.5. The summed E-state index contributed by atoms with van der Waals surface area (Å²) in [5, 5.41) is 72.2. The van der Waals surface area contributed by atoms with Crippen LogP contribution in [0.5, 0.6) is 0 Å². The molecule has 2 heterocycles. The molecule has 7 N–H and O–H groups in total. The van der Waals surface area contributed by atoms with Crippen LogP contribution in [0.25, 0.3) is 0 Å². The van der Waals surface area contributed by atoms with Gasteiger partial charge in [0.15, 0.2) is 18.7 Å². The Kier molecular flexibility index (Phi) is 39.7. The van der Waals surface area contributed by atoms with Crippen molar-refractivity contribution < 1.29 is 73.8 Å². The number of rotatable bonds is 41. The van der Waals surface area contributed by atoms with E-state index in [1.54, 1.807) is 0 Å². The van der Waals surface area contributed by atoms with E-state index in [1.165, 1.54) is 19.3 Å². The lowest BCUT2D eigenvalue weighted by Gasteiger charge is -2.42. The normalized spacial score (nSPS) is 25.5. The summed E-state index contributed by atoms with van der Waals surface area (Å²) in [6, 6.07) is 0. The first-order valence-electron chi connectivity index (χ1n) is 27.5. The van der Waals surface area contributed by atoms with Gasteiger partial charge < -0.3 is 64.2 Å². The fourth-order valence-electron chi connectivity index (χ4n) is 7.75. The SMILES string of the molecule is CC/C=C/C/C=C/C/C=C/C/C=C/C/C=C/CCCCCC(=O)OC[C@@H](CO[C@@H]1O[C@H](CO[C@@H]2O[C@H](CO)[C@H](O)C(O)C2O)[C@H](O)C(O)C1O)OC(=O)CCCCC/C=C/C/C=C/C/C=C/C/C=C/CCCCC. The van der Waals surface area contributed by atoms with Crippen molar-refractivity contribution in [3.05, 3.63) is 109 Å². The quantitative estimate of drug-likeness (QED) is 0.0173. The van der Waals surface area contributed by atoms with Gasteiger partial charge in [-0.1, -0.05) is 149 Å². The first-order chi connectivity index (χ1) is 36.0. The van der Waals surface area contributed by atoms with Gasteiger partial charge in [0.25, 0.3) is 0 Å². The molecule has 15 nitrogen and oxygen atoms in total. The van der Waals surface area contributed by atoms with Crippen LogP contribution >= 0.6 is 0 Å². The van der Waals surface area contributed by atoms with Crippen LogP contribution in [-0.4, -0.2) is 142 Å². The van der Waals surface area contributed by atoms with Crippen LogP contribution in [0.3, 0.4) is 0 Å². The van der Waals surface area contributed by atoms with Gasteiger partial charge in [0.05, 0.1) is 19.8 Å². The van der Waals surface area contributed by atoms with Crippen LogP contribution in [0.2, 0.25) is 0 Å². The van der Waals surface area contributed by atoms with Crippen molar-refractivity contribution in [1.82, 2.24) is 0 Å². The molecule has 2 fully saturated rings. The standard InChI is InChI=1S/C59H94O15/c1-3-5-7-9-11-13-15-17-19-21-23-25-27-29-31-33-35-37-39-41-50(61)69-44-47(72-51(62)42-40-38-36-34-32-30-28-26-24-22-20-18-16-14-12-10-8-6-4-2)45-70-58-57(68)55(66)53(64)49(74-58)46-71-59-56(67)54(65)52(63)48(43-60)73-59/h5,7,11-14,17-20,23-26,29-32,47-49,52-60,63-68H,3-4,6,8-10,15-16,21-22,27-28,33-46H2,1-2H3/b7-5+,13-11+,14-12+,19-17+,20-18+,25-23+,26-24+,31-29+,32-30+/t47-,48+,49+,52-,53-,54?,55?,56?,57?,58+,59+/m0/s1. The number of unbranched alkanes of at least 4 members (excludes halogenated alkanes) is 9. The maximum absolute atomic E-state index is 13.0. The van der Waals surface area contributed by atoms with E-state index in [0.29, 0.717) is 12.8 Å². The number of aliphatic hydroxyl groups excluding tert-OH is 7. The second kappa shape index (κ2) is 44.3. The van der Waals surface area contributed by atoms with Gasteiger partial charge in [-0.2, -0.15) is 0 Å². The van der Waals surface area contributed by atoms with E-state index in [0.717, 1.165) is 96.3 Å². The summed E-state index contributed by atoms with van der Waals surface area (Å²) >= 11 is 0. The van der Waals surface area contributed by atoms with Gasteiger partial charge in [0, 0.05) is 12.8 Å². The number of carbonyl (C=O) groups is 2. The molecule has 0 saturated carbocycles. The molecule has 2 rings (SSSR count). The fraction of sp³-hybridized carbons (Fsp3) is 0.661. The molecule has 4 unspecified atom stereocenters. The molecule has 0 aliphatic carbocycles. The van der Waals surface area contributed by atoms with E-state index < -0.39 is 99.3 Å². The van der Waals surface area contributed by atoms with Crippen molar-refractivity contribution in [3.8, 4) is 0 Å². The van der Waals surface area contributed by atoms with Crippen molar-refractivity contribution in [2.45, 2.75) is 223 Å². The largest absolute Gasteiger partial charge is 0.462 e. The molecule has 0 aromatic rings. The van der Waals surface area contributed by atoms with Gasteiger partial charge in [-0.25, -0.2) is 0 Å². The predicted octanol–water partition coefficient (Wildman–Crippen LogP) is 8.71. The lowest BCUT2D eigenvalue weighted by atomic mass is 9.98. The van der Waals surface area contributed by atoms with Gasteiger partial charge in [0.1, 0.15) is 55.4 Å².